The van der Waals surface area contributed by atoms with Crippen LogP contribution < -0.4 is 5.73 Å². The quantitative estimate of drug-likeness (QED) is 0.577. The molecule has 0 saturated carbocycles. The van der Waals surface area contributed by atoms with Gasteiger partial charge < -0.3 is 10.8 Å². The summed E-state index contributed by atoms with van der Waals surface area (Å²) in [5.74, 6) is -1.33. The van der Waals surface area contributed by atoms with Gasteiger partial charge in [-0.1, -0.05) is 0 Å². The number of carboxylic acids is 1. The normalized spacial score (nSPS) is 12.2. The minimum atomic E-state index is -1.04. The number of aliphatic carboxylic acids is 1. The van der Waals surface area contributed by atoms with Crippen LogP contribution in [0.3, 0.4) is 0 Å². The Labute approximate surface area is 64.7 Å². The van der Waals surface area contributed by atoms with Gasteiger partial charge in [0.2, 0.25) is 0 Å². The highest BCUT2D eigenvalue weighted by atomic mass is 16.4. The van der Waals surface area contributed by atoms with Gasteiger partial charge in [-0.2, -0.15) is 0 Å². The standard InChI is InChI=1S/C7H11NO3/c1-4(8)6(5(2)9)3-7(10)11/h3,8H2,1-2H3,(H,10,11)/b6-4-. The molecule has 11 heavy (non-hydrogen) atoms. The lowest BCUT2D eigenvalue weighted by Crippen LogP contribution is -2.10. The van der Waals surface area contributed by atoms with Crippen molar-refractivity contribution in [2.45, 2.75) is 20.3 Å². The van der Waals surface area contributed by atoms with Crippen LogP contribution in [-0.2, 0) is 9.59 Å². The Morgan fingerprint density at radius 1 is 1.36 bits per heavy atom. The van der Waals surface area contributed by atoms with Gasteiger partial charge in [0.1, 0.15) is 0 Å². The fourth-order valence-corrected chi connectivity index (χ4v) is 0.693. The van der Waals surface area contributed by atoms with Crippen LogP contribution in [0.15, 0.2) is 11.3 Å². The minimum absolute atomic E-state index is 0.178. The summed E-state index contributed by atoms with van der Waals surface area (Å²) < 4.78 is 0. The van der Waals surface area contributed by atoms with E-state index >= 15 is 0 Å². The van der Waals surface area contributed by atoms with Crippen LogP contribution >= 0.6 is 0 Å². The van der Waals surface area contributed by atoms with E-state index in [-0.39, 0.29) is 23.5 Å². The monoisotopic (exact) mass is 157 g/mol. The van der Waals surface area contributed by atoms with Gasteiger partial charge in [0, 0.05) is 11.3 Å². The Morgan fingerprint density at radius 3 is 1.91 bits per heavy atom. The molecule has 0 aromatic rings. The molecule has 0 unspecified atom stereocenters. The summed E-state index contributed by atoms with van der Waals surface area (Å²) in [7, 11) is 0. The number of allylic oxidation sites excluding steroid dienone is 1. The molecule has 0 aromatic heterocycles. The van der Waals surface area contributed by atoms with E-state index in [2.05, 4.69) is 0 Å². The molecule has 0 aromatic carbocycles. The second-order valence-corrected chi connectivity index (χ2v) is 2.29. The molecular weight excluding hydrogens is 146 g/mol. The first-order chi connectivity index (χ1) is 4.95. The largest absolute Gasteiger partial charge is 0.481 e. The van der Waals surface area contributed by atoms with Crippen LogP contribution in [0.5, 0.6) is 0 Å². The lowest BCUT2D eigenvalue weighted by atomic mass is 10.1. The summed E-state index contributed by atoms with van der Waals surface area (Å²) in [5, 5.41) is 8.34. The van der Waals surface area contributed by atoms with Crippen molar-refractivity contribution >= 4 is 11.8 Å². The summed E-state index contributed by atoms with van der Waals surface area (Å²) in [6.45, 7) is 2.81. The first-order valence-corrected chi connectivity index (χ1v) is 3.13. The molecule has 0 saturated heterocycles. The van der Waals surface area contributed by atoms with E-state index in [1.807, 2.05) is 0 Å². The molecule has 0 rings (SSSR count). The number of nitrogens with two attached hydrogens (primary N) is 1. The van der Waals surface area contributed by atoms with Crippen molar-refractivity contribution in [3.63, 3.8) is 0 Å². The molecule has 3 N–H and O–H groups in total. The van der Waals surface area contributed by atoms with Gasteiger partial charge in [-0.05, 0) is 13.8 Å². The molecule has 0 aliphatic carbocycles. The van der Waals surface area contributed by atoms with Crippen LogP contribution in [0.25, 0.3) is 0 Å². The predicted molar refractivity (Wildman–Crippen MR) is 39.8 cm³/mol. The molecule has 4 nitrogen and oxygen atoms in total. The summed E-state index contributed by atoms with van der Waals surface area (Å²) in [5.41, 5.74) is 5.74. The third kappa shape index (κ3) is 3.40. The summed E-state index contributed by atoms with van der Waals surface area (Å²) in [6, 6.07) is 0. The number of carbonyl (C=O) groups excluding carboxylic acids is 1. The average Bonchev–Trinajstić information content (AvgIpc) is 1.81. The van der Waals surface area contributed by atoms with Gasteiger partial charge in [0.25, 0.3) is 0 Å². The average molecular weight is 157 g/mol. The van der Waals surface area contributed by atoms with E-state index in [0.717, 1.165) is 0 Å². The van der Waals surface area contributed by atoms with E-state index in [1.165, 1.54) is 13.8 Å². The second kappa shape index (κ2) is 3.75. The van der Waals surface area contributed by atoms with Crippen molar-refractivity contribution in [1.82, 2.24) is 0 Å². The van der Waals surface area contributed by atoms with Crippen LogP contribution in [0.4, 0.5) is 0 Å². The zero-order valence-electron chi connectivity index (χ0n) is 6.55. The Hall–Kier alpha value is -1.32. The number of Topliss-reactive ketones (excluding diaryl/α,β-unsaturated/α-hetero) is 1. The fourth-order valence-electron chi connectivity index (χ4n) is 0.693. The zero-order chi connectivity index (χ0) is 9.02. The van der Waals surface area contributed by atoms with Crippen LogP contribution in [-0.4, -0.2) is 16.9 Å². The molecule has 0 aliphatic rings. The number of carboxylic acid groups (broad SMARTS) is 1. The molecule has 0 aliphatic heterocycles. The summed E-state index contributed by atoms with van der Waals surface area (Å²) in [6.07, 6.45) is -0.294. The van der Waals surface area contributed by atoms with Crippen LogP contribution in [0.2, 0.25) is 0 Å². The lowest BCUT2D eigenvalue weighted by Gasteiger charge is -2.00. The Morgan fingerprint density at radius 2 is 1.82 bits per heavy atom. The first kappa shape index (κ1) is 9.68. The Kier molecular flexibility index (Phi) is 3.30. The summed E-state index contributed by atoms with van der Waals surface area (Å²) >= 11 is 0. The maximum atomic E-state index is 10.7. The minimum Gasteiger partial charge on any atom is -0.481 e. The molecule has 0 atom stereocenters. The molecule has 0 heterocycles. The number of hydrogen-bond donors (Lipinski definition) is 2. The highest BCUT2D eigenvalue weighted by Crippen LogP contribution is 2.05. The second-order valence-electron chi connectivity index (χ2n) is 2.29. The van der Waals surface area contributed by atoms with Crippen LogP contribution in [0.1, 0.15) is 20.3 Å². The van der Waals surface area contributed by atoms with Gasteiger partial charge >= 0.3 is 5.97 Å². The Bertz CT molecular complexity index is 214. The molecule has 0 amide bonds. The van der Waals surface area contributed by atoms with Gasteiger partial charge in [-0.15, -0.1) is 0 Å². The smallest absolute Gasteiger partial charge is 0.308 e. The number of carbonyl (C=O) groups is 2. The van der Waals surface area contributed by atoms with E-state index in [9.17, 15) is 9.59 Å². The topological polar surface area (TPSA) is 80.4 Å². The van der Waals surface area contributed by atoms with E-state index < -0.39 is 5.97 Å². The third-order valence-electron chi connectivity index (χ3n) is 1.23. The highest BCUT2D eigenvalue weighted by Gasteiger charge is 2.10. The number of hydrogen-bond acceptors (Lipinski definition) is 3. The van der Waals surface area contributed by atoms with Crippen LogP contribution in [0, 0.1) is 0 Å². The zero-order valence-corrected chi connectivity index (χ0v) is 6.55. The lowest BCUT2D eigenvalue weighted by molar-refractivity contribution is -0.136. The maximum absolute atomic E-state index is 10.7. The van der Waals surface area contributed by atoms with Crippen molar-refractivity contribution in [3.05, 3.63) is 11.3 Å². The molecule has 0 radical (unpaired) electrons. The van der Waals surface area contributed by atoms with Gasteiger partial charge in [-0.3, -0.25) is 9.59 Å². The van der Waals surface area contributed by atoms with Crippen molar-refractivity contribution in [2.75, 3.05) is 0 Å². The summed E-state index contributed by atoms with van der Waals surface area (Å²) in [4.78, 5) is 20.9. The van der Waals surface area contributed by atoms with E-state index in [0.29, 0.717) is 0 Å². The molecule has 0 bridgehead atoms. The number of ketones is 1. The SMILES string of the molecule is CC(=O)/C(CC(=O)O)=C(/C)N. The first-order valence-electron chi connectivity index (χ1n) is 3.13. The van der Waals surface area contributed by atoms with E-state index in [4.69, 9.17) is 10.8 Å². The van der Waals surface area contributed by atoms with Crippen molar-refractivity contribution < 1.29 is 14.7 Å². The van der Waals surface area contributed by atoms with Crippen molar-refractivity contribution in [1.29, 1.82) is 0 Å². The molecule has 4 heteroatoms. The maximum Gasteiger partial charge on any atom is 0.308 e. The fraction of sp³-hybridized carbons (Fsp3) is 0.429. The van der Waals surface area contributed by atoms with Gasteiger partial charge in [-0.25, -0.2) is 0 Å². The van der Waals surface area contributed by atoms with Crippen molar-refractivity contribution in [2.24, 2.45) is 5.73 Å². The van der Waals surface area contributed by atoms with Gasteiger partial charge in [0.05, 0.1) is 6.42 Å². The number of rotatable bonds is 3. The Balaban J connectivity index is 4.52. The molecule has 0 spiro atoms. The predicted octanol–water partition coefficient (Wildman–Crippen LogP) is 0.283. The molecule has 62 valence electrons. The van der Waals surface area contributed by atoms with Gasteiger partial charge in [0.15, 0.2) is 5.78 Å². The molecular formula is C7H11NO3. The third-order valence-corrected chi connectivity index (χ3v) is 1.23. The molecule has 0 fully saturated rings. The van der Waals surface area contributed by atoms with Crippen molar-refractivity contribution in [3.8, 4) is 0 Å². The highest BCUT2D eigenvalue weighted by molar-refractivity contribution is 5.97. The van der Waals surface area contributed by atoms with E-state index in [1.54, 1.807) is 0 Å².